The molecule has 0 aromatic heterocycles. The van der Waals surface area contributed by atoms with Gasteiger partial charge in [-0.15, -0.1) is 6.58 Å². The second-order valence-electron chi connectivity index (χ2n) is 35.9. The topological polar surface area (TPSA) is 306 Å². The second kappa shape index (κ2) is 33.6. The van der Waals surface area contributed by atoms with Crippen molar-refractivity contribution in [2.45, 2.75) is 328 Å². The lowest BCUT2D eigenvalue weighted by Gasteiger charge is -2.41. The molecule has 0 spiro atoms. The van der Waals surface area contributed by atoms with E-state index in [1.807, 2.05) is 0 Å². The molecule has 2 saturated heterocycles. The van der Waals surface area contributed by atoms with Crippen molar-refractivity contribution in [3.05, 3.63) is 12.7 Å². The van der Waals surface area contributed by atoms with Gasteiger partial charge in [0.2, 0.25) is 17.6 Å². The first-order chi connectivity index (χ1) is 46.8. The Labute approximate surface area is 612 Å². The molecule has 0 radical (unpaired) electrons. The molecule has 0 bridgehead atoms. The van der Waals surface area contributed by atoms with Crippen LogP contribution in [0.3, 0.4) is 0 Å². The standard InChI is InChI=1S/C40H63N3O7S.C37H61N3O8S.2CH4/c1-7-8-17-30(44)35(46)28(22-26-18-19-26)23-31(45)34-32-29(39(32,5)6)24-43(34)36(47)33(27-15-11-9-12-16-27)41-37(48)42-40(20-13-10-14-21-40)25-51(49,50)38(2,3)4;1-35(2,3)49(46,47)22-37(17-11-8-12-18-37)39-34(45)38-29(24-13-9-7-10-14-24)32(43)40-21-26-28(36(26,4)5)30(40)27(41)20-25(19-23-15-16-23)31(42)33(44)48-6;;/h7,26-29,32-34H,1,8-25H2,2-6H3,(H2,41,42,48);23-26,28-31,42H,7-22H2,1-6H3,(H2,38,39,45);2*1H4/t28?,29?,32-,33-,34+;25?,26?,28-,29-,30+,31?;;/m00../s1. The molecule has 0 aromatic carbocycles. The van der Waals surface area contributed by atoms with Crippen molar-refractivity contribution in [1.82, 2.24) is 31.1 Å². The highest BCUT2D eigenvalue weighted by molar-refractivity contribution is 7.93. The molecule has 2 aliphatic heterocycles. The average molecular weight is 1470 g/mol. The smallest absolute Gasteiger partial charge is 0.334 e. The number of ketones is 4. The zero-order chi connectivity index (χ0) is 73.3. The minimum absolute atomic E-state index is 0. The number of nitrogens with zero attached hydrogens (tertiary/aromatic N) is 2. The van der Waals surface area contributed by atoms with E-state index in [9.17, 15) is 65.1 Å². The molecule has 21 nitrogen and oxygen atoms in total. The van der Waals surface area contributed by atoms with Crippen LogP contribution in [0.25, 0.3) is 0 Å². The number of piperidine rings is 2. The quantitative estimate of drug-likeness (QED) is 0.0264. The number of sulfone groups is 2. The molecule has 11 atom stereocenters. The molecule has 10 aliphatic rings. The molecule has 102 heavy (non-hydrogen) atoms. The van der Waals surface area contributed by atoms with Gasteiger partial charge in [-0.2, -0.15) is 0 Å². The van der Waals surface area contributed by atoms with Gasteiger partial charge < -0.3 is 40.9 Å². The Morgan fingerprint density at radius 1 is 0.559 bits per heavy atom. The van der Waals surface area contributed by atoms with Crippen LogP contribution in [0.2, 0.25) is 0 Å². The molecule has 23 heteroatoms. The third-order valence-corrected chi connectivity index (χ3v) is 31.4. The van der Waals surface area contributed by atoms with Crippen LogP contribution in [0.1, 0.15) is 277 Å². The van der Waals surface area contributed by atoms with E-state index >= 15 is 0 Å². The van der Waals surface area contributed by atoms with Gasteiger partial charge in [0.25, 0.3) is 0 Å². The highest BCUT2D eigenvalue weighted by Crippen LogP contribution is 2.66. The number of esters is 1. The zero-order valence-electron chi connectivity index (χ0n) is 62.4. The normalized spacial score (nSPS) is 27.2. The van der Waals surface area contributed by atoms with E-state index in [4.69, 9.17) is 4.74 Å². The Kier molecular flexibility index (Phi) is 27.8. The Bertz CT molecular complexity index is 3250. The maximum absolute atomic E-state index is 14.7. The summed E-state index contributed by atoms with van der Waals surface area (Å²) in [6.07, 6.45) is 22.1. The van der Waals surface area contributed by atoms with Gasteiger partial charge >= 0.3 is 18.0 Å². The van der Waals surface area contributed by atoms with Crippen LogP contribution in [0.15, 0.2) is 12.7 Å². The van der Waals surface area contributed by atoms with Gasteiger partial charge in [-0.05, 0) is 170 Å². The number of allylic oxidation sites excluding steroid dienone is 1. The summed E-state index contributed by atoms with van der Waals surface area (Å²) in [5.74, 6) is -3.43. The van der Waals surface area contributed by atoms with E-state index in [1.165, 1.54) is 7.11 Å². The van der Waals surface area contributed by atoms with Crippen molar-refractivity contribution >= 4 is 72.7 Å². The van der Waals surface area contributed by atoms with Crippen LogP contribution in [0.5, 0.6) is 0 Å². The molecule has 6 amide bonds. The lowest BCUT2D eigenvalue weighted by Crippen LogP contribution is -2.62. The van der Waals surface area contributed by atoms with Crippen LogP contribution >= 0.6 is 0 Å². The molecular weight excluding hydrogens is 1340 g/mol. The number of fused-ring (bicyclic) bond motifs is 2. The van der Waals surface area contributed by atoms with Crippen LogP contribution in [-0.2, 0) is 58.0 Å². The molecule has 2 heterocycles. The Hall–Kier alpha value is -4.77. The van der Waals surface area contributed by atoms with Crippen molar-refractivity contribution in [1.29, 1.82) is 0 Å². The summed E-state index contributed by atoms with van der Waals surface area (Å²) >= 11 is 0. The number of rotatable bonds is 29. The number of aliphatic hydroxyl groups is 1. The van der Waals surface area contributed by atoms with Gasteiger partial charge in [0.1, 0.15) is 12.1 Å². The molecule has 10 rings (SSSR count). The van der Waals surface area contributed by atoms with Gasteiger partial charge in [-0.3, -0.25) is 28.8 Å². The van der Waals surface area contributed by atoms with E-state index in [2.05, 4.69) is 55.5 Å². The van der Waals surface area contributed by atoms with E-state index in [0.29, 0.717) is 69.9 Å². The van der Waals surface area contributed by atoms with Crippen LogP contribution in [0.4, 0.5) is 9.59 Å². The number of Topliss-reactive ketones (excluding diaryl/α,β-unsaturated/α-hetero) is 4. The number of methoxy groups -OCH3 is 1. The summed E-state index contributed by atoms with van der Waals surface area (Å²) < 4.78 is 56.4. The van der Waals surface area contributed by atoms with E-state index in [-0.39, 0.29) is 115 Å². The highest BCUT2D eigenvalue weighted by Gasteiger charge is 2.71. The van der Waals surface area contributed by atoms with Gasteiger partial charge in [0, 0.05) is 44.2 Å². The molecule has 5 unspecified atom stereocenters. The monoisotopic (exact) mass is 1470 g/mol. The molecule has 0 aromatic rings. The number of hydrogen-bond donors (Lipinski definition) is 5. The zero-order valence-corrected chi connectivity index (χ0v) is 64.0. The van der Waals surface area contributed by atoms with Crippen molar-refractivity contribution in [3.63, 3.8) is 0 Å². The molecule has 5 N–H and O–H groups in total. The number of ether oxygens (including phenoxy) is 1. The van der Waals surface area contributed by atoms with E-state index in [1.54, 1.807) is 57.4 Å². The van der Waals surface area contributed by atoms with Crippen molar-refractivity contribution in [2.75, 3.05) is 31.7 Å². The number of amides is 6. The summed E-state index contributed by atoms with van der Waals surface area (Å²) in [5, 5.41) is 23.1. The van der Waals surface area contributed by atoms with Crippen LogP contribution in [0, 0.1) is 70.0 Å². The summed E-state index contributed by atoms with van der Waals surface area (Å²) in [7, 11) is -5.86. The second-order valence-corrected chi connectivity index (χ2v) is 41.4. The number of carbonyl (C=O) groups excluding carboxylic acids is 9. The lowest BCUT2D eigenvalue weighted by molar-refractivity contribution is -0.154. The van der Waals surface area contributed by atoms with Gasteiger partial charge in [-0.25, -0.2) is 31.2 Å². The maximum atomic E-state index is 14.7. The number of aliphatic hydroxyl groups excluding tert-OH is 1. The Morgan fingerprint density at radius 2 is 0.931 bits per heavy atom. The van der Waals surface area contributed by atoms with Crippen molar-refractivity contribution < 1.29 is 69.8 Å². The number of hydrogen-bond acceptors (Lipinski definition) is 15. The first kappa shape index (κ1) is 84.5. The summed E-state index contributed by atoms with van der Waals surface area (Å²) in [4.78, 5) is 128. The van der Waals surface area contributed by atoms with Crippen LogP contribution < -0.4 is 21.3 Å². The summed E-state index contributed by atoms with van der Waals surface area (Å²) in [6.45, 7) is 23.1. The lowest BCUT2D eigenvalue weighted by atomic mass is 9.82. The fraction of sp³-hybridized carbons (Fsp3) is 0.861. The Balaban J connectivity index is 0.000000281. The largest absolute Gasteiger partial charge is 0.467 e. The molecule has 580 valence electrons. The van der Waals surface area contributed by atoms with Crippen molar-refractivity contribution in [2.24, 2.45) is 70.0 Å². The van der Waals surface area contributed by atoms with E-state index in [0.717, 1.165) is 128 Å². The van der Waals surface area contributed by atoms with Gasteiger partial charge in [-0.1, -0.05) is 151 Å². The third-order valence-electron chi connectivity index (χ3n) is 25.8. The van der Waals surface area contributed by atoms with Crippen LogP contribution in [-0.4, -0.2) is 167 Å². The minimum Gasteiger partial charge on any atom is -0.467 e. The third kappa shape index (κ3) is 19.7. The average Bonchev–Trinajstić information content (AvgIpc) is 1.52. The minimum atomic E-state index is -3.54. The summed E-state index contributed by atoms with van der Waals surface area (Å²) in [6, 6.07) is -4.19. The van der Waals surface area contributed by atoms with Gasteiger partial charge in [0.15, 0.2) is 43.1 Å². The molecule has 8 aliphatic carbocycles. The molecular formula is C79H132N6O15S2. The first-order valence-electron chi connectivity index (χ1n) is 38.5. The van der Waals surface area contributed by atoms with Crippen molar-refractivity contribution in [3.8, 4) is 0 Å². The predicted octanol–water partition coefficient (Wildman–Crippen LogP) is 11.9. The number of likely N-dealkylation sites (tertiary alicyclic amines) is 2. The number of urea groups is 2. The number of nitrogens with one attached hydrogen (secondary N) is 4. The summed E-state index contributed by atoms with van der Waals surface area (Å²) in [5.41, 5.74) is -2.09. The molecule has 10 fully saturated rings. The fourth-order valence-electron chi connectivity index (χ4n) is 18.7. The maximum Gasteiger partial charge on any atom is 0.334 e. The predicted molar refractivity (Wildman–Crippen MR) is 397 cm³/mol. The fourth-order valence-corrected chi connectivity index (χ4v) is 21.7. The SMILES string of the molecule is C.C.C=CCCC(=O)C(=O)C(CC(=O)[C@@H]1[C@@H]2C(CN1C(=O)[C@@H](NC(=O)NC1(CS(=O)(=O)C(C)(C)C)CCCCC1)C1CCCCC1)C2(C)C)CC1CC1.COC(=O)C(O)C(CC(=O)[C@@H]1[C@@H]2C(CN1C(=O)[C@@H](NC(=O)NC1(CS(=O)(=O)C(C)(C)C)CCCCC1)C1CCCCC1)C2(C)C)CC1CC1. The Morgan fingerprint density at radius 3 is 1.29 bits per heavy atom. The van der Waals surface area contributed by atoms with E-state index < -0.39 is 112 Å². The molecule has 8 saturated carbocycles. The highest BCUT2D eigenvalue weighted by atomic mass is 32.2. The van der Waals surface area contributed by atoms with Gasteiger partial charge in [0.05, 0.1) is 51.3 Å². The first-order valence-corrected chi connectivity index (χ1v) is 41.8. The number of carbonyl (C=O) groups is 9.